The second-order valence-corrected chi connectivity index (χ2v) is 4.49. The number of nitrogens with one attached hydrogen (secondary N) is 1. The van der Waals surface area contributed by atoms with Crippen LogP contribution in [0, 0.1) is 0 Å². The van der Waals surface area contributed by atoms with E-state index in [-0.39, 0.29) is 5.91 Å². The van der Waals surface area contributed by atoms with E-state index in [0.29, 0.717) is 11.6 Å². The Hall–Kier alpha value is -1.84. The third-order valence-electron chi connectivity index (χ3n) is 3.17. The third-order valence-corrected chi connectivity index (χ3v) is 3.17. The molecule has 4 nitrogen and oxygen atoms in total. The number of carbonyl (C=O) groups is 1. The highest BCUT2D eigenvalue weighted by Gasteiger charge is 2.17. The van der Waals surface area contributed by atoms with Gasteiger partial charge in [-0.3, -0.25) is 4.79 Å². The summed E-state index contributed by atoms with van der Waals surface area (Å²) in [6.07, 6.45) is 6.25. The van der Waals surface area contributed by atoms with Crippen molar-refractivity contribution in [1.29, 1.82) is 0 Å². The molecule has 96 valence electrons. The lowest BCUT2D eigenvalue weighted by atomic mass is 10.1. The average Bonchev–Trinajstić information content (AvgIpc) is 2.89. The predicted molar refractivity (Wildman–Crippen MR) is 70.8 cm³/mol. The fourth-order valence-electron chi connectivity index (χ4n) is 2.17. The van der Waals surface area contributed by atoms with Crippen LogP contribution in [0.15, 0.2) is 29.4 Å². The Morgan fingerprint density at radius 2 is 2.00 bits per heavy atom. The Morgan fingerprint density at radius 1 is 1.33 bits per heavy atom. The van der Waals surface area contributed by atoms with Crippen LogP contribution in [0.25, 0.3) is 0 Å². The first-order valence-corrected chi connectivity index (χ1v) is 6.27. The van der Waals surface area contributed by atoms with Gasteiger partial charge in [0.15, 0.2) is 0 Å². The molecule has 2 rings (SSSR count). The molecule has 1 aromatic carbocycles. The standard InChI is InChI=1S/C14H18N2O2/c1-18-15-10-11-6-8-12(9-7-11)14(17)16-13-4-2-3-5-13/h6-10,13H,2-5H2,1H3,(H,16,17)/b15-10+. The molecule has 1 aliphatic rings. The Kier molecular flexibility index (Phi) is 4.34. The summed E-state index contributed by atoms with van der Waals surface area (Å²) in [6.45, 7) is 0. The van der Waals surface area contributed by atoms with Gasteiger partial charge in [0.25, 0.3) is 5.91 Å². The molecule has 0 spiro atoms. The van der Waals surface area contributed by atoms with E-state index < -0.39 is 0 Å². The molecule has 0 atom stereocenters. The van der Waals surface area contributed by atoms with Gasteiger partial charge in [-0.15, -0.1) is 0 Å². The van der Waals surface area contributed by atoms with E-state index in [1.54, 1.807) is 18.3 Å². The van der Waals surface area contributed by atoms with Gasteiger partial charge in [-0.25, -0.2) is 0 Å². The summed E-state index contributed by atoms with van der Waals surface area (Å²) < 4.78 is 0. The topological polar surface area (TPSA) is 50.7 Å². The lowest BCUT2D eigenvalue weighted by Gasteiger charge is -2.11. The molecule has 1 aromatic rings. The Bertz CT molecular complexity index is 420. The van der Waals surface area contributed by atoms with Crippen LogP contribution in [0.5, 0.6) is 0 Å². The molecule has 1 saturated carbocycles. The number of nitrogens with zero attached hydrogens (tertiary/aromatic N) is 1. The molecule has 1 aliphatic carbocycles. The van der Waals surface area contributed by atoms with Gasteiger partial charge in [0.05, 0.1) is 6.21 Å². The second kappa shape index (κ2) is 6.19. The lowest BCUT2D eigenvalue weighted by molar-refractivity contribution is 0.0938. The van der Waals surface area contributed by atoms with E-state index in [2.05, 4.69) is 15.3 Å². The van der Waals surface area contributed by atoms with Gasteiger partial charge >= 0.3 is 0 Å². The Labute approximate surface area is 107 Å². The van der Waals surface area contributed by atoms with Crippen LogP contribution in [0.2, 0.25) is 0 Å². The van der Waals surface area contributed by atoms with Gasteiger partial charge in [0.1, 0.15) is 7.11 Å². The van der Waals surface area contributed by atoms with Crippen molar-refractivity contribution in [3.8, 4) is 0 Å². The van der Waals surface area contributed by atoms with Crippen LogP contribution >= 0.6 is 0 Å². The highest BCUT2D eigenvalue weighted by molar-refractivity contribution is 5.95. The second-order valence-electron chi connectivity index (χ2n) is 4.49. The first-order valence-electron chi connectivity index (χ1n) is 6.27. The first kappa shape index (κ1) is 12.6. The molecule has 0 aliphatic heterocycles. The van der Waals surface area contributed by atoms with E-state index in [9.17, 15) is 4.79 Å². The number of benzene rings is 1. The number of oxime groups is 1. The SMILES string of the molecule is CO/N=C/c1ccc(C(=O)NC2CCCC2)cc1. The van der Waals surface area contributed by atoms with Gasteiger partial charge in [-0.1, -0.05) is 30.1 Å². The van der Waals surface area contributed by atoms with Crippen LogP contribution in [0.1, 0.15) is 41.6 Å². The van der Waals surface area contributed by atoms with Crippen LogP contribution < -0.4 is 5.32 Å². The first-order chi connectivity index (χ1) is 8.79. The van der Waals surface area contributed by atoms with E-state index in [0.717, 1.165) is 18.4 Å². The van der Waals surface area contributed by atoms with Crippen molar-refractivity contribution in [2.45, 2.75) is 31.7 Å². The molecule has 1 N–H and O–H groups in total. The Morgan fingerprint density at radius 3 is 2.61 bits per heavy atom. The van der Waals surface area contributed by atoms with Crippen molar-refractivity contribution >= 4 is 12.1 Å². The molecule has 4 heteroatoms. The van der Waals surface area contributed by atoms with E-state index in [4.69, 9.17) is 0 Å². The third kappa shape index (κ3) is 3.32. The van der Waals surface area contributed by atoms with E-state index in [1.807, 2.05) is 12.1 Å². The van der Waals surface area contributed by atoms with Gasteiger partial charge in [-0.2, -0.15) is 0 Å². The van der Waals surface area contributed by atoms with Gasteiger partial charge in [0, 0.05) is 11.6 Å². The fraction of sp³-hybridized carbons (Fsp3) is 0.429. The summed E-state index contributed by atoms with van der Waals surface area (Å²) in [7, 11) is 1.50. The molecule has 0 unspecified atom stereocenters. The summed E-state index contributed by atoms with van der Waals surface area (Å²) in [5, 5.41) is 6.73. The summed E-state index contributed by atoms with van der Waals surface area (Å²) in [5.74, 6) is 0.0112. The normalized spacial score (nSPS) is 16.1. The van der Waals surface area contributed by atoms with Crippen LogP contribution in [0.4, 0.5) is 0 Å². The number of hydrogen-bond donors (Lipinski definition) is 1. The molecular weight excluding hydrogens is 228 g/mol. The maximum Gasteiger partial charge on any atom is 0.251 e. The molecule has 0 bridgehead atoms. The predicted octanol–water partition coefficient (Wildman–Crippen LogP) is 2.34. The summed E-state index contributed by atoms with van der Waals surface area (Å²) in [5.41, 5.74) is 1.60. The zero-order valence-electron chi connectivity index (χ0n) is 10.6. The Balaban J connectivity index is 1.95. The van der Waals surface area contributed by atoms with Gasteiger partial charge in [-0.05, 0) is 30.5 Å². The maximum atomic E-state index is 12.0. The minimum absolute atomic E-state index is 0.0112. The largest absolute Gasteiger partial charge is 0.399 e. The molecule has 18 heavy (non-hydrogen) atoms. The maximum absolute atomic E-state index is 12.0. The zero-order valence-corrected chi connectivity index (χ0v) is 10.6. The minimum atomic E-state index is 0.0112. The zero-order chi connectivity index (χ0) is 12.8. The minimum Gasteiger partial charge on any atom is -0.399 e. The van der Waals surface area contributed by atoms with E-state index >= 15 is 0 Å². The van der Waals surface area contributed by atoms with E-state index in [1.165, 1.54) is 20.0 Å². The van der Waals surface area contributed by atoms with Gasteiger partial charge < -0.3 is 10.2 Å². The number of carbonyl (C=O) groups excluding carboxylic acids is 1. The van der Waals surface area contributed by atoms with Crippen molar-refractivity contribution in [3.05, 3.63) is 35.4 Å². The molecule has 1 amide bonds. The number of amides is 1. The van der Waals surface area contributed by atoms with Crippen molar-refractivity contribution in [2.75, 3.05) is 7.11 Å². The van der Waals surface area contributed by atoms with Crippen molar-refractivity contribution in [3.63, 3.8) is 0 Å². The van der Waals surface area contributed by atoms with Crippen molar-refractivity contribution in [1.82, 2.24) is 5.32 Å². The van der Waals surface area contributed by atoms with Crippen LogP contribution in [-0.4, -0.2) is 25.3 Å². The molecule has 0 heterocycles. The molecule has 0 aromatic heterocycles. The highest BCUT2D eigenvalue weighted by atomic mass is 16.6. The van der Waals surface area contributed by atoms with Crippen LogP contribution in [-0.2, 0) is 4.84 Å². The molecule has 1 fully saturated rings. The van der Waals surface area contributed by atoms with Gasteiger partial charge in [0.2, 0.25) is 0 Å². The van der Waals surface area contributed by atoms with Crippen LogP contribution in [0.3, 0.4) is 0 Å². The quantitative estimate of drug-likeness (QED) is 0.655. The van der Waals surface area contributed by atoms with Crippen molar-refractivity contribution in [2.24, 2.45) is 5.16 Å². The summed E-state index contributed by atoms with van der Waals surface area (Å²) in [4.78, 5) is 16.6. The molecule has 0 saturated heterocycles. The number of hydrogen-bond acceptors (Lipinski definition) is 3. The fourth-order valence-corrected chi connectivity index (χ4v) is 2.17. The smallest absolute Gasteiger partial charge is 0.251 e. The number of rotatable bonds is 4. The highest BCUT2D eigenvalue weighted by Crippen LogP contribution is 2.18. The lowest BCUT2D eigenvalue weighted by Crippen LogP contribution is -2.32. The molecular formula is C14H18N2O2. The monoisotopic (exact) mass is 246 g/mol. The van der Waals surface area contributed by atoms with Crippen molar-refractivity contribution < 1.29 is 9.63 Å². The molecule has 0 radical (unpaired) electrons. The average molecular weight is 246 g/mol. The summed E-state index contributed by atoms with van der Waals surface area (Å²) in [6, 6.07) is 7.67. The summed E-state index contributed by atoms with van der Waals surface area (Å²) >= 11 is 0.